The molecule has 0 unspecified atom stereocenters. The van der Waals surface area contributed by atoms with Crippen LogP contribution in [0.2, 0.25) is 0 Å². The third-order valence-electron chi connectivity index (χ3n) is 2.07. The number of methoxy groups -OCH3 is 1. The van der Waals surface area contributed by atoms with E-state index >= 15 is 0 Å². The van der Waals surface area contributed by atoms with E-state index in [1.165, 1.54) is 0 Å². The van der Waals surface area contributed by atoms with Gasteiger partial charge in [0.1, 0.15) is 5.75 Å². The van der Waals surface area contributed by atoms with Crippen molar-refractivity contribution in [2.45, 2.75) is 0 Å². The highest BCUT2D eigenvalue weighted by atomic mass is 35.5. The third kappa shape index (κ3) is 4.47. The second-order valence-electron chi connectivity index (χ2n) is 3.21. The van der Waals surface area contributed by atoms with Gasteiger partial charge in [-0.15, -0.1) is 23.2 Å². The standard InChI is InChI=1S/C11H16Cl2N2O/c1-16-11-4-2-3-10(9-11)14-15(7-5-12)8-6-13/h2-4,9,14H,5-8H2,1H3. The van der Waals surface area contributed by atoms with Crippen LogP contribution in [-0.4, -0.2) is 37.0 Å². The number of benzene rings is 1. The first kappa shape index (κ1) is 13.4. The lowest BCUT2D eigenvalue weighted by molar-refractivity contribution is 0.370. The lowest BCUT2D eigenvalue weighted by Gasteiger charge is -2.22. The van der Waals surface area contributed by atoms with Crippen LogP contribution in [0.5, 0.6) is 5.75 Å². The number of alkyl halides is 2. The molecule has 1 aromatic rings. The summed E-state index contributed by atoms with van der Waals surface area (Å²) in [6, 6.07) is 7.73. The molecule has 3 nitrogen and oxygen atoms in total. The van der Waals surface area contributed by atoms with Crippen molar-refractivity contribution in [1.29, 1.82) is 0 Å². The fraction of sp³-hybridized carbons (Fsp3) is 0.455. The molecule has 0 saturated carbocycles. The van der Waals surface area contributed by atoms with Crippen molar-refractivity contribution in [2.24, 2.45) is 0 Å². The van der Waals surface area contributed by atoms with Crippen LogP contribution in [0.4, 0.5) is 5.69 Å². The summed E-state index contributed by atoms with van der Waals surface area (Å²) in [5.41, 5.74) is 4.21. The Bertz CT molecular complexity index is 304. The molecule has 0 saturated heterocycles. The topological polar surface area (TPSA) is 24.5 Å². The smallest absolute Gasteiger partial charge is 0.120 e. The summed E-state index contributed by atoms with van der Waals surface area (Å²) in [7, 11) is 1.65. The molecule has 0 fully saturated rings. The molecule has 1 rings (SSSR count). The second kappa shape index (κ2) is 7.60. The third-order valence-corrected chi connectivity index (χ3v) is 2.40. The van der Waals surface area contributed by atoms with Gasteiger partial charge in [-0.1, -0.05) is 6.07 Å². The number of ether oxygens (including phenoxy) is 1. The van der Waals surface area contributed by atoms with E-state index in [2.05, 4.69) is 5.43 Å². The zero-order valence-corrected chi connectivity index (χ0v) is 10.8. The van der Waals surface area contributed by atoms with Crippen LogP contribution in [0, 0.1) is 0 Å². The van der Waals surface area contributed by atoms with E-state index in [-0.39, 0.29) is 0 Å². The van der Waals surface area contributed by atoms with Crippen molar-refractivity contribution in [3.8, 4) is 5.75 Å². The molecule has 0 aromatic heterocycles. The Morgan fingerprint density at radius 3 is 2.50 bits per heavy atom. The van der Waals surface area contributed by atoms with E-state index in [4.69, 9.17) is 27.9 Å². The van der Waals surface area contributed by atoms with Gasteiger partial charge in [0.15, 0.2) is 0 Å². The van der Waals surface area contributed by atoms with Gasteiger partial charge in [0.25, 0.3) is 0 Å². The summed E-state index contributed by atoms with van der Waals surface area (Å²) in [5, 5.41) is 1.98. The minimum Gasteiger partial charge on any atom is -0.497 e. The maximum Gasteiger partial charge on any atom is 0.120 e. The number of rotatable bonds is 7. The number of hydrogen-bond acceptors (Lipinski definition) is 3. The summed E-state index contributed by atoms with van der Waals surface area (Å²) in [4.78, 5) is 0. The Hall–Kier alpha value is -0.640. The van der Waals surface area contributed by atoms with Crippen LogP contribution in [0.15, 0.2) is 24.3 Å². The van der Waals surface area contributed by atoms with Crippen LogP contribution in [0.25, 0.3) is 0 Å². The highest BCUT2D eigenvalue weighted by molar-refractivity contribution is 6.18. The molecule has 0 radical (unpaired) electrons. The van der Waals surface area contributed by atoms with E-state index in [1.807, 2.05) is 29.3 Å². The van der Waals surface area contributed by atoms with Crippen molar-refractivity contribution < 1.29 is 4.74 Å². The highest BCUT2D eigenvalue weighted by Crippen LogP contribution is 2.17. The van der Waals surface area contributed by atoms with Crippen LogP contribution in [-0.2, 0) is 0 Å². The molecule has 0 spiro atoms. The molecular weight excluding hydrogens is 247 g/mol. The maximum atomic E-state index is 5.71. The minimum atomic E-state index is 0.563. The molecule has 0 heterocycles. The van der Waals surface area contributed by atoms with Crippen molar-refractivity contribution in [2.75, 3.05) is 37.4 Å². The SMILES string of the molecule is COc1cccc(NN(CCCl)CCCl)c1. The van der Waals surface area contributed by atoms with Crippen LogP contribution in [0.3, 0.4) is 0 Å². The van der Waals surface area contributed by atoms with Crippen LogP contribution >= 0.6 is 23.2 Å². The maximum absolute atomic E-state index is 5.71. The molecule has 0 aliphatic rings. The summed E-state index contributed by atoms with van der Waals surface area (Å²) < 4.78 is 5.15. The molecule has 5 heteroatoms. The van der Waals surface area contributed by atoms with Gasteiger partial charge in [-0.2, -0.15) is 0 Å². The van der Waals surface area contributed by atoms with Crippen molar-refractivity contribution >= 4 is 28.9 Å². The number of hydrogen-bond donors (Lipinski definition) is 1. The van der Waals surface area contributed by atoms with Crippen molar-refractivity contribution in [3.63, 3.8) is 0 Å². The molecular formula is C11H16Cl2N2O. The Labute approximate surface area is 106 Å². The molecule has 0 aliphatic heterocycles. The summed E-state index contributed by atoms with van der Waals surface area (Å²) in [5.74, 6) is 1.95. The lowest BCUT2D eigenvalue weighted by atomic mass is 10.3. The van der Waals surface area contributed by atoms with Gasteiger partial charge in [0.2, 0.25) is 0 Å². The number of nitrogens with zero attached hydrogens (tertiary/aromatic N) is 1. The van der Waals surface area contributed by atoms with Gasteiger partial charge in [-0.3, -0.25) is 0 Å². The first-order chi connectivity index (χ1) is 7.80. The van der Waals surface area contributed by atoms with Gasteiger partial charge in [-0.05, 0) is 12.1 Å². The summed E-state index contributed by atoms with van der Waals surface area (Å²) >= 11 is 11.4. The van der Waals surface area contributed by atoms with E-state index in [1.54, 1.807) is 7.11 Å². The van der Waals surface area contributed by atoms with Gasteiger partial charge in [0.05, 0.1) is 12.8 Å². The van der Waals surface area contributed by atoms with E-state index in [0.29, 0.717) is 11.8 Å². The number of hydrazine groups is 1. The molecule has 0 bridgehead atoms. The number of halogens is 2. The predicted octanol–water partition coefficient (Wildman–Crippen LogP) is 2.80. The van der Waals surface area contributed by atoms with Crippen LogP contribution < -0.4 is 10.2 Å². The fourth-order valence-corrected chi connectivity index (χ4v) is 1.71. The van der Waals surface area contributed by atoms with Gasteiger partial charge < -0.3 is 10.2 Å². The Balaban J connectivity index is 2.60. The molecule has 90 valence electrons. The molecule has 1 aromatic carbocycles. The zero-order valence-electron chi connectivity index (χ0n) is 9.25. The van der Waals surface area contributed by atoms with Crippen LogP contribution in [0.1, 0.15) is 0 Å². The fourth-order valence-electron chi connectivity index (χ4n) is 1.30. The summed E-state index contributed by atoms with van der Waals surface area (Å²) in [6.07, 6.45) is 0. The van der Waals surface area contributed by atoms with Crippen molar-refractivity contribution in [3.05, 3.63) is 24.3 Å². The quantitative estimate of drug-likeness (QED) is 0.604. The summed E-state index contributed by atoms with van der Waals surface area (Å²) in [6.45, 7) is 1.48. The molecule has 0 atom stereocenters. The lowest BCUT2D eigenvalue weighted by Crippen LogP contribution is -2.33. The van der Waals surface area contributed by atoms with Gasteiger partial charge in [-0.25, -0.2) is 5.01 Å². The molecule has 0 aliphatic carbocycles. The zero-order chi connectivity index (χ0) is 11.8. The Morgan fingerprint density at radius 2 is 1.94 bits per heavy atom. The number of anilines is 1. The van der Waals surface area contributed by atoms with E-state index in [9.17, 15) is 0 Å². The minimum absolute atomic E-state index is 0.563. The largest absolute Gasteiger partial charge is 0.497 e. The molecule has 16 heavy (non-hydrogen) atoms. The monoisotopic (exact) mass is 262 g/mol. The number of nitrogens with one attached hydrogen (secondary N) is 1. The van der Waals surface area contributed by atoms with E-state index in [0.717, 1.165) is 24.5 Å². The average molecular weight is 263 g/mol. The molecule has 1 N–H and O–H groups in total. The van der Waals surface area contributed by atoms with Gasteiger partial charge in [0, 0.05) is 30.9 Å². The first-order valence-corrected chi connectivity index (χ1v) is 6.14. The normalized spacial score (nSPS) is 10.5. The molecule has 0 amide bonds. The second-order valence-corrected chi connectivity index (χ2v) is 3.96. The first-order valence-electron chi connectivity index (χ1n) is 5.07. The predicted molar refractivity (Wildman–Crippen MR) is 69.6 cm³/mol. The van der Waals surface area contributed by atoms with E-state index < -0.39 is 0 Å². The van der Waals surface area contributed by atoms with Gasteiger partial charge >= 0.3 is 0 Å². The Morgan fingerprint density at radius 1 is 1.25 bits per heavy atom. The van der Waals surface area contributed by atoms with Crippen molar-refractivity contribution in [1.82, 2.24) is 5.01 Å². The highest BCUT2D eigenvalue weighted by Gasteiger charge is 2.03. The Kier molecular flexibility index (Phi) is 6.38. The average Bonchev–Trinajstić information content (AvgIpc) is 2.30.